The van der Waals surface area contributed by atoms with E-state index < -0.39 is 10.0 Å². The first-order valence-electron chi connectivity index (χ1n) is 6.05. The minimum atomic E-state index is -3.61. The molecule has 0 atom stereocenters. The first-order valence-corrected chi connectivity index (χ1v) is 7.91. The van der Waals surface area contributed by atoms with Crippen molar-refractivity contribution in [2.24, 2.45) is 0 Å². The highest BCUT2D eigenvalue weighted by molar-refractivity contribution is 7.89. The van der Waals surface area contributed by atoms with Gasteiger partial charge in [-0.05, 0) is 30.2 Å². The fraction of sp³-hybridized carbons (Fsp3) is 0.308. The number of hydrogen-bond donors (Lipinski definition) is 1. The largest absolute Gasteiger partial charge is 0.312 e. The standard InChI is InChI=1S/C13H15ClN2O3S/c1-9(14)8-15-20(18,19)12-3-4-13-11(7-12)5-6-16(13)10(2)17/h3-4,7,15H,1,5-6,8H2,2H3. The Morgan fingerprint density at radius 1 is 1.50 bits per heavy atom. The molecule has 0 bridgehead atoms. The summed E-state index contributed by atoms with van der Waals surface area (Å²) >= 11 is 5.55. The Bertz CT molecular complexity index is 670. The number of amides is 1. The molecule has 1 amide bonds. The van der Waals surface area contributed by atoms with Crippen LogP contribution in [-0.4, -0.2) is 27.4 Å². The molecule has 2 rings (SSSR count). The summed E-state index contributed by atoms with van der Waals surface area (Å²) in [5.74, 6) is -0.0454. The Balaban J connectivity index is 2.29. The molecule has 0 unspecified atom stereocenters. The minimum absolute atomic E-state index is 0.0133. The van der Waals surface area contributed by atoms with Crippen molar-refractivity contribution in [2.45, 2.75) is 18.2 Å². The molecule has 1 aliphatic rings. The Morgan fingerprint density at radius 2 is 2.20 bits per heavy atom. The summed E-state index contributed by atoms with van der Waals surface area (Å²) in [4.78, 5) is 13.2. The molecule has 1 aliphatic heterocycles. The third-order valence-corrected chi connectivity index (χ3v) is 4.62. The number of rotatable bonds is 4. The van der Waals surface area contributed by atoms with Gasteiger partial charge in [0.05, 0.1) is 4.90 Å². The predicted octanol–water partition coefficient (Wildman–Crippen LogP) is 1.63. The van der Waals surface area contributed by atoms with E-state index in [0.717, 1.165) is 11.3 Å². The van der Waals surface area contributed by atoms with E-state index in [9.17, 15) is 13.2 Å². The number of sulfonamides is 1. The van der Waals surface area contributed by atoms with Gasteiger partial charge in [-0.2, -0.15) is 0 Å². The first kappa shape index (κ1) is 15.0. The topological polar surface area (TPSA) is 66.5 Å². The number of anilines is 1. The summed E-state index contributed by atoms with van der Waals surface area (Å²) in [6.07, 6.45) is 0.653. The second kappa shape index (κ2) is 5.55. The highest BCUT2D eigenvalue weighted by Gasteiger charge is 2.24. The third-order valence-electron chi connectivity index (χ3n) is 3.09. The molecular formula is C13H15ClN2O3S. The molecule has 0 saturated carbocycles. The molecule has 1 aromatic rings. The van der Waals surface area contributed by atoms with Crippen molar-refractivity contribution < 1.29 is 13.2 Å². The molecule has 0 aliphatic carbocycles. The molecule has 0 saturated heterocycles. The number of nitrogens with zero attached hydrogens (tertiary/aromatic N) is 1. The van der Waals surface area contributed by atoms with Gasteiger partial charge in [-0.3, -0.25) is 4.79 Å². The fourth-order valence-electron chi connectivity index (χ4n) is 2.13. The van der Waals surface area contributed by atoms with Crippen LogP contribution in [0, 0.1) is 0 Å². The maximum Gasteiger partial charge on any atom is 0.240 e. The Morgan fingerprint density at radius 3 is 2.80 bits per heavy atom. The zero-order valence-electron chi connectivity index (χ0n) is 11.0. The van der Waals surface area contributed by atoms with Gasteiger partial charge in [0.2, 0.25) is 15.9 Å². The van der Waals surface area contributed by atoms with Crippen LogP contribution in [0.25, 0.3) is 0 Å². The average Bonchev–Trinajstić information content (AvgIpc) is 2.79. The highest BCUT2D eigenvalue weighted by Crippen LogP contribution is 2.30. The van der Waals surface area contributed by atoms with Gasteiger partial charge in [-0.1, -0.05) is 18.2 Å². The van der Waals surface area contributed by atoms with E-state index in [1.807, 2.05) is 0 Å². The maximum atomic E-state index is 12.1. The Hall–Kier alpha value is -1.37. The van der Waals surface area contributed by atoms with Crippen LogP contribution in [0.5, 0.6) is 0 Å². The van der Waals surface area contributed by atoms with E-state index in [0.29, 0.717) is 13.0 Å². The van der Waals surface area contributed by atoms with Gasteiger partial charge in [0.1, 0.15) is 0 Å². The highest BCUT2D eigenvalue weighted by atomic mass is 35.5. The predicted molar refractivity (Wildman–Crippen MR) is 78.4 cm³/mol. The number of hydrogen-bond acceptors (Lipinski definition) is 3. The van der Waals surface area contributed by atoms with Crippen molar-refractivity contribution >= 4 is 33.2 Å². The molecule has 1 N–H and O–H groups in total. The van der Waals surface area contributed by atoms with Crippen molar-refractivity contribution in [1.29, 1.82) is 0 Å². The van der Waals surface area contributed by atoms with E-state index in [1.54, 1.807) is 17.0 Å². The van der Waals surface area contributed by atoms with Crippen LogP contribution >= 0.6 is 11.6 Å². The average molecular weight is 315 g/mol. The number of nitrogens with one attached hydrogen (secondary N) is 1. The van der Waals surface area contributed by atoms with Gasteiger partial charge < -0.3 is 4.90 Å². The van der Waals surface area contributed by atoms with Gasteiger partial charge in [0, 0.05) is 30.7 Å². The molecule has 7 heteroatoms. The summed E-state index contributed by atoms with van der Waals surface area (Å²) in [6.45, 7) is 5.50. The normalized spacial score (nSPS) is 14.2. The number of carbonyl (C=O) groups excluding carboxylic acids is 1. The van der Waals surface area contributed by atoms with Crippen LogP contribution in [0.4, 0.5) is 5.69 Å². The van der Waals surface area contributed by atoms with Crippen LogP contribution in [0.3, 0.4) is 0 Å². The smallest absolute Gasteiger partial charge is 0.240 e. The van der Waals surface area contributed by atoms with Crippen LogP contribution in [0.1, 0.15) is 12.5 Å². The van der Waals surface area contributed by atoms with Gasteiger partial charge >= 0.3 is 0 Å². The van der Waals surface area contributed by atoms with Crippen molar-refractivity contribution in [1.82, 2.24) is 4.72 Å². The zero-order valence-corrected chi connectivity index (χ0v) is 12.6. The Labute approximate surface area is 123 Å². The molecule has 5 nitrogen and oxygen atoms in total. The number of halogens is 1. The molecule has 1 heterocycles. The van der Waals surface area contributed by atoms with Crippen molar-refractivity contribution in [2.75, 3.05) is 18.0 Å². The number of fused-ring (bicyclic) bond motifs is 1. The van der Waals surface area contributed by atoms with Crippen LogP contribution in [-0.2, 0) is 21.2 Å². The quantitative estimate of drug-likeness (QED) is 0.918. The molecule has 1 aromatic carbocycles. The lowest BCUT2D eigenvalue weighted by atomic mass is 10.2. The molecule has 0 aromatic heterocycles. The maximum absolute atomic E-state index is 12.1. The monoisotopic (exact) mass is 314 g/mol. The van der Waals surface area contributed by atoms with Crippen LogP contribution < -0.4 is 9.62 Å². The summed E-state index contributed by atoms with van der Waals surface area (Å²) in [7, 11) is -3.61. The van der Waals surface area contributed by atoms with Gasteiger partial charge in [0.25, 0.3) is 0 Å². The third kappa shape index (κ3) is 3.03. The second-order valence-corrected chi connectivity index (χ2v) is 6.85. The summed E-state index contributed by atoms with van der Waals surface area (Å²) in [5, 5.41) is 0.220. The van der Waals surface area contributed by atoms with Crippen molar-refractivity contribution in [3.8, 4) is 0 Å². The van der Waals surface area contributed by atoms with Crippen LogP contribution in [0.15, 0.2) is 34.7 Å². The second-order valence-electron chi connectivity index (χ2n) is 4.55. The number of benzene rings is 1. The molecule has 0 spiro atoms. The fourth-order valence-corrected chi connectivity index (χ4v) is 3.35. The summed E-state index contributed by atoms with van der Waals surface area (Å²) < 4.78 is 26.5. The van der Waals surface area contributed by atoms with Gasteiger partial charge in [0.15, 0.2) is 0 Å². The van der Waals surface area contributed by atoms with Gasteiger partial charge in [-0.15, -0.1) is 0 Å². The molecule has 108 valence electrons. The summed E-state index contributed by atoms with van der Waals surface area (Å²) in [6, 6.07) is 4.74. The Kier molecular flexibility index (Phi) is 4.17. The minimum Gasteiger partial charge on any atom is -0.312 e. The lowest BCUT2D eigenvalue weighted by Crippen LogP contribution is -2.26. The molecule has 20 heavy (non-hydrogen) atoms. The van der Waals surface area contributed by atoms with E-state index in [-0.39, 0.29) is 22.4 Å². The van der Waals surface area contributed by atoms with E-state index in [4.69, 9.17) is 11.6 Å². The van der Waals surface area contributed by atoms with Gasteiger partial charge in [-0.25, -0.2) is 13.1 Å². The number of carbonyl (C=O) groups is 1. The van der Waals surface area contributed by atoms with E-state index in [2.05, 4.69) is 11.3 Å². The van der Waals surface area contributed by atoms with E-state index in [1.165, 1.54) is 13.0 Å². The SMILES string of the molecule is C=C(Cl)CNS(=O)(=O)c1ccc2c(c1)CCN2C(C)=O. The molecule has 0 fully saturated rings. The van der Waals surface area contributed by atoms with Crippen LogP contribution in [0.2, 0.25) is 0 Å². The van der Waals surface area contributed by atoms with E-state index >= 15 is 0 Å². The molecule has 0 radical (unpaired) electrons. The lowest BCUT2D eigenvalue weighted by Gasteiger charge is -2.15. The first-order chi connectivity index (χ1) is 9.31. The lowest BCUT2D eigenvalue weighted by molar-refractivity contribution is -0.116. The molecular weight excluding hydrogens is 300 g/mol. The van der Waals surface area contributed by atoms with Crippen molar-refractivity contribution in [3.05, 3.63) is 35.4 Å². The zero-order chi connectivity index (χ0) is 14.9. The summed E-state index contributed by atoms with van der Waals surface area (Å²) in [5.41, 5.74) is 1.63. The van der Waals surface area contributed by atoms with Crippen molar-refractivity contribution in [3.63, 3.8) is 0 Å².